The number of methoxy groups -OCH3 is 1. The third-order valence-electron chi connectivity index (χ3n) is 3.58. The molecule has 1 unspecified atom stereocenters. The lowest BCUT2D eigenvalue weighted by Gasteiger charge is -2.23. The second-order valence-electron chi connectivity index (χ2n) is 5.20. The highest BCUT2D eigenvalue weighted by molar-refractivity contribution is 5.77. The molecule has 1 aromatic rings. The van der Waals surface area contributed by atoms with E-state index in [0.717, 1.165) is 12.8 Å². The van der Waals surface area contributed by atoms with Crippen molar-refractivity contribution in [1.82, 2.24) is 5.32 Å². The molecule has 106 valence electrons. The van der Waals surface area contributed by atoms with Crippen molar-refractivity contribution in [3.05, 3.63) is 24.2 Å². The van der Waals surface area contributed by atoms with Gasteiger partial charge in [0.25, 0.3) is 0 Å². The van der Waals surface area contributed by atoms with E-state index in [1.54, 1.807) is 25.5 Å². The maximum atomic E-state index is 12.0. The molecule has 0 spiro atoms. The van der Waals surface area contributed by atoms with Gasteiger partial charge in [0.1, 0.15) is 11.8 Å². The lowest BCUT2D eigenvalue weighted by molar-refractivity contribution is -0.127. The smallest absolute Gasteiger partial charge is 0.223 e. The van der Waals surface area contributed by atoms with Crippen molar-refractivity contribution < 1.29 is 19.1 Å². The highest BCUT2D eigenvalue weighted by Gasteiger charge is 2.34. The zero-order chi connectivity index (χ0) is 13.7. The number of rotatable bonds is 6. The molecule has 1 heterocycles. The Morgan fingerprint density at radius 2 is 2.32 bits per heavy atom. The average molecular weight is 267 g/mol. The van der Waals surface area contributed by atoms with Crippen molar-refractivity contribution in [3.63, 3.8) is 0 Å². The van der Waals surface area contributed by atoms with E-state index in [-0.39, 0.29) is 18.4 Å². The predicted octanol–water partition coefficient (Wildman–Crippen LogP) is 1.78. The minimum atomic E-state index is -0.829. The molecule has 1 aliphatic rings. The van der Waals surface area contributed by atoms with E-state index < -0.39 is 5.60 Å². The molecule has 1 aliphatic carbocycles. The fourth-order valence-corrected chi connectivity index (χ4v) is 2.61. The largest absolute Gasteiger partial charge is 0.467 e. The Morgan fingerprint density at radius 1 is 1.58 bits per heavy atom. The van der Waals surface area contributed by atoms with Crippen molar-refractivity contribution in [2.75, 3.05) is 13.7 Å². The molecule has 5 nitrogen and oxygen atoms in total. The Hall–Kier alpha value is -1.33. The van der Waals surface area contributed by atoms with Crippen LogP contribution in [0.4, 0.5) is 0 Å². The van der Waals surface area contributed by atoms with Crippen LogP contribution in [0.3, 0.4) is 0 Å². The number of aliphatic hydroxyl groups is 1. The third-order valence-corrected chi connectivity index (χ3v) is 3.58. The number of ether oxygens (including phenoxy) is 1. The molecular weight excluding hydrogens is 246 g/mol. The average Bonchev–Trinajstić information content (AvgIpc) is 2.99. The summed E-state index contributed by atoms with van der Waals surface area (Å²) in [5, 5.41) is 13.1. The summed E-state index contributed by atoms with van der Waals surface area (Å²) in [6.45, 7) is 0.345. The van der Waals surface area contributed by atoms with E-state index in [9.17, 15) is 9.90 Å². The van der Waals surface area contributed by atoms with Gasteiger partial charge >= 0.3 is 0 Å². The molecule has 2 N–H and O–H groups in total. The number of carbonyl (C=O) groups excluding carboxylic acids is 1. The maximum Gasteiger partial charge on any atom is 0.223 e. The van der Waals surface area contributed by atoms with Crippen molar-refractivity contribution >= 4 is 5.91 Å². The number of furan rings is 1. The van der Waals surface area contributed by atoms with E-state index in [4.69, 9.17) is 9.15 Å². The van der Waals surface area contributed by atoms with Crippen LogP contribution in [-0.4, -0.2) is 30.3 Å². The summed E-state index contributed by atoms with van der Waals surface area (Å²) < 4.78 is 10.4. The highest BCUT2D eigenvalue weighted by atomic mass is 16.5. The van der Waals surface area contributed by atoms with E-state index >= 15 is 0 Å². The number of hydrogen-bond acceptors (Lipinski definition) is 4. The Labute approximate surface area is 112 Å². The van der Waals surface area contributed by atoms with Crippen LogP contribution < -0.4 is 5.32 Å². The number of hydrogen-bond donors (Lipinski definition) is 2. The zero-order valence-corrected chi connectivity index (χ0v) is 11.2. The van der Waals surface area contributed by atoms with Crippen LogP contribution in [-0.2, 0) is 9.53 Å². The molecule has 2 rings (SSSR count). The Bertz CT molecular complexity index is 396. The number of amides is 1. The van der Waals surface area contributed by atoms with Crippen molar-refractivity contribution in [2.24, 2.45) is 0 Å². The standard InChI is InChI=1S/C14H21NO4/c1-18-10-11(12-5-4-8-19-12)15-13(16)9-14(17)6-2-3-7-14/h4-5,8,11,17H,2-3,6-7,9-10H2,1H3,(H,15,16). The van der Waals surface area contributed by atoms with Crippen LogP contribution in [0, 0.1) is 0 Å². The topological polar surface area (TPSA) is 71.7 Å². The minimum Gasteiger partial charge on any atom is -0.467 e. The van der Waals surface area contributed by atoms with Gasteiger partial charge in [-0.3, -0.25) is 4.79 Å². The van der Waals surface area contributed by atoms with Crippen LogP contribution in [0.25, 0.3) is 0 Å². The fraction of sp³-hybridized carbons (Fsp3) is 0.643. The lowest BCUT2D eigenvalue weighted by atomic mass is 9.97. The molecule has 0 radical (unpaired) electrons. The van der Waals surface area contributed by atoms with Crippen molar-refractivity contribution in [3.8, 4) is 0 Å². The molecule has 1 atom stereocenters. The van der Waals surface area contributed by atoms with Crippen LogP contribution >= 0.6 is 0 Å². The molecule has 0 aliphatic heterocycles. The van der Waals surface area contributed by atoms with E-state index in [1.165, 1.54) is 0 Å². The second kappa shape index (κ2) is 6.21. The Kier molecular flexibility index (Phi) is 4.61. The van der Waals surface area contributed by atoms with Crippen LogP contribution in [0.5, 0.6) is 0 Å². The quantitative estimate of drug-likeness (QED) is 0.824. The van der Waals surface area contributed by atoms with Gasteiger partial charge in [0.2, 0.25) is 5.91 Å². The third kappa shape index (κ3) is 3.81. The Morgan fingerprint density at radius 3 is 2.89 bits per heavy atom. The van der Waals surface area contributed by atoms with Crippen LogP contribution in [0.2, 0.25) is 0 Å². The van der Waals surface area contributed by atoms with Gasteiger partial charge in [-0.2, -0.15) is 0 Å². The fourth-order valence-electron chi connectivity index (χ4n) is 2.61. The normalized spacial score (nSPS) is 19.3. The van der Waals surface area contributed by atoms with Crippen molar-refractivity contribution in [2.45, 2.75) is 43.7 Å². The van der Waals surface area contributed by atoms with Gasteiger partial charge in [0.15, 0.2) is 0 Å². The SMILES string of the molecule is COCC(NC(=O)CC1(O)CCCC1)c1ccco1. The molecule has 0 aromatic carbocycles. The molecular formula is C14H21NO4. The Balaban J connectivity index is 1.91. The minimum absolute atomic E-state index is 0.147. The first-order valence-corrected chi connectivity index (χ1v) is 6.67. The van der Waals surface area contributed by atoms with Gasteiger partial charge in [-0.25, -0.2) is 0 Å². The number of nitrogens with one attached hydrogen (secondary N) is 1. The zero-order valence-electron chi connectivity index (χ0n) is 11.2. The lowest BCUT2D eigenvalue weighted by Crippen LogP contribution is -2.37. The van der Waals surface area contributed by atoms with Crippen LogP contribution in [0.15, 0.2) is 22.8 Å². The summed E-state index contributed by atoms with van der Waals surface area (Å²) in [4.78, 5) is 12.0. The second-order valence-corrected chi connectivity index (χ2v) is 5.20. The maximum absolute atomic E-state index is 12.0. The molecule has 1 saturated carbocycles. The molecule has 1 amide bonds. The van der Waals surface area contributed by atoms with Crippen LogP contribution in [0.1, 0.15) is 43.9 Å². The van der Waals surface area contributed by atoms with Gasteiger partial charge in [-0.05, 0) is 25.0 Å². The summed E-state index contributed by atoms with van der Waals surface area (Å²) in [6.07, 6.45) is 5.10. The first-order valence-electron chi connectivity index (χ1n) is 6.67. The summed E-state index contributed by atoms with van der Waals surface area (Å²) in [5.74, 6) is 0.497. The predicted molar refractivity (Wildman–Crippen MR) is 69.5 cm³/mol. The van der Waals surface area contributed by atoms with Gasteiger partial charge < -0.3 is 19.6 Å². The molecule has 0 saturated heterocycles. The number of carbonyl (C=O) groups is 1. The molecule has 0 bridgehead atoms. The van der Waals surface area contributed by atoms with Gasteiger partial charge in [0.05, 0.1) is 24.9 Å². The van der Waals surface area contributed by atoms with E-state index in [1.807, 2.05) is 0 Å². The summed E-state index contributed by atoms with van der Waals surface area (Å²) in [6, 6.07) is 3.26. The van der Waals surface area contributed by atoms with Gasteiger partial charge in [-0.1, -0.05) is 12.8 Å². The van der Waals surface area contributed by atoms with Crippen molar-refractivity contribution in [1.29, 1.82) is 0 Å². The molecule has 5 heteroatoms. The van der Waals surface area contributed by atoms with E-state index in [0.29, 0.717) is 25.2 Å². The highest BCUT2D eigenvalue weighted by Crippen LogP contribution is 2.32. The molecule has 1 aromatic heterocycles. The summed E-state index contributed by atoms with van der Waals surface area (Å²) in [5.41, 5.74) is -0.829. The monoisotopic (exact) mass is 267 g/mol. The summed E-state index contributed by atoms with van der Waals surface area (Å²) >= 11 is 0. The first-order chi connectivity index (χ1) is 9.13. The molecule has 19 heavy (non-hydrogen) atoms. The van der Waals surface area contributed by atoms with Gasteiger partial charge in [-0.15, -0.1) is 0 Å². The molecule has 1 fully saturated rings. The summed E-state index contributed by atoms with van der Waals surface area (Å²) in [7, 11) is 1.58. The first kappa shape index (κ1) is 14.1. The van der Waals surface area contributed by atoms with E-state index in [2.05, 4.69) is 5.32 Å². The van der Waals surface area contributed by atoms with Gasteiger partial charge in [0, 0.05) is 7.11 Å².